The number of carbonyl (C=O) groups is 2. The highest BCUT2D eigenvalue weighted by atomic mass is 19.1. The normalized spacial score (nSPS) is 19.0. The summed E-state index contributed by atoms with van der Waals surface area (Å²) in [5, 5.41) is 0. The lowest BCUT2D eigenvalue weighted by molar-refractivity contribution is -0.132. The fourth-order valence-corrected chi connectivity index (χ4v) is 4.36. The second kappa shape index (κ2) is 8.50. The second-order valence-corrected chi connectivity index (χ2v) is 8.11. The van der Waals surface area contributed by atoms with Gasteiger partial charge in [0.15, 0.2) is 0 Å². The molecule has 0 N–H and O–H groups in total. The number of amides is 2. The van der Waals surface area contributed by atoms with Crippen LogP contribution in [0.2, 0.25) is 0 Å². The summed E-state index contributed by atoms with van der Waals surface area (Å²) in [5.41, 5.74) is 2.75. The van der Waals surface area contributed by atoms with Gasteiger partial charge in [-0.15, -0.1) is 0 Å². The zero-order valence-electron chi connectivity index (χ0n) is 17.5. The van der Waals surface area contributed by atoms with E-state index in [0.717, 1.165) is 36.2 Å². The number of nitrogens with zero attached hydrogens (tertiary/aromatic N) is 4. The van der Waals surface area contributed by atoms with Crippen LogP contribution in [0.15, 0.2) is 24.3 Å². The number of rotatable bonds is 4. The maximum absolute atomic E-state index is 13.3. The molecule has 2 aromatic rings. The first-order chi connectivity index (χ1) is 14.5. The third-order valence-electron chi connectivity index (χ3n) is 6.05. The van der Waals surface area contributed by atoms with Crippen LogP contribution in [-0.4, -0.2) is 39.8 Å². The van der Waals surface area contributed by atoms with E-state index in [1.165, 1.54) is 12.1 Å². The monoisotopic (exact) mass is 410 g/mol. The number of benzene rings is 1. The number of likely N-dealkylation sites (tertiary alicyclic amines) is 1. The average Bonchev–Trinajstić information content (AvgIpc) is 2.76. The molecule has 7 heteroatoms. The molecule has 0 unspecified atom stereocenters. The highest BCUT2D eigenvalue weighted by molar-refractivity contribution is 5.95. The van der Waals surface area contributed by atoms with Gasteiger partial charge in [-0.1, -0.05) is 19.1 Å². The largest absolute Gasteiger partial charge is 0.342 e. The van der Waals surface area contributed by atoms with Crippen molar-refractivity contribution in [1.29, 1.82) is 0 Å². The summed E-state index contributed by atoms with van der Waals surface area (Å²) >= 11 is 0. The maximum Gasteiger partial charge on any atom is 0.228 e. The van der Waals surface area contributed by atoms with Gasteiger partial charge < -0.3 is 4.90 Å². The van der Waals surface area contributed by atoms with Gasteiger partial charge in [0.05, 0.1) is 6.54 Å². The highest BCUT2D eigenvalue weighted by Gasteiger charge is 2.31. The Hall–Kier alpha value is -2.83. The molecule has 3 heterocycles. The Balaban J connectivity index is 1.65. The number of hydrogen-bond acceptors (Lipinski definition) is 4. The number of carbonyl (C=O) groups excluding carboxylic acids is 2. The topological polar surface area (TPSA) is 66.4 Å². The fourth-order valence-electron chi connectivity index (χ4n) is 4.36. The third-order valence-corrected chi connectivity index (χ3v) is 6.05. The number of anilines is 1. The van der Waals surface area contributed by atoms with Crippen LogP contribution in [0.4, 0.5) is 10.2 Å². The van der Waals surface area contributed by atoms with Crippen molar-refractivity contribution in [3.63, 3.8) is 0 Å². The zero-order chi connectivity index (χ0) is 21.3. The van der Waals surface area contributed by atoms with Crippen molar-refractivity contribution in [3.8, 4) is 0 Å². The first-order valence-electron chi connectivity index (χ1n) is 10.7. The molecule has 0 aliphatic carbocycles. The van der Waals surface area contributed by atoms with Crippen molar-refractivity contribution in [2.24, 2.45) is 0 Å². The van der Waals surface area contributed by atoms with Gasteiger partial charge >= 0.3 is 0 Å². The molecule has 1 atom stereocenters. The van der Waals surface area contributed by atoms with Crippen LogP contribution in [-0.2, 0) is 22.6 Å². The van der Waals surface area contributed by atoms with Crippen LogP contribution in [0, 0.1) is 12.7 Å². The molecule has 0 saturated carbocycles. The minimum Gasteiger partial charge on any atom is -0.342 e. The van der Waals surface area contributed by atoms with Crippen LogP contribution in [0.1, 0.15) is 61.2 Å². The van der Waals surface area contributed by atoms with Crippen LogP contribution in [0.3, 0.4) is 0 Å². The van der Waals surface area contributed by atoms with E-state index in [-0.39, 0.29) is 23.5 Å². The number of hydrogen-bond donors (Lipinski definition) is 0. The van der Waals surface area contributed by atoms with E-state index < -0.39 is 0 Å². The van der Waals surface area contributed by atoms with Crippen LogP contribution in [0.5, 0.6) is 0 Å². The summed E-state index contributed by atoms with van der Waals surface area (Å²) in [6.07, 6.45) is 3.40. The number of halogens is 1. The van der Waals surface area contributed by atoms with Gasteiger partial charge in [0.2, 0.25) is 11.8 Å². The molecule has 1 aromatic carbocycles. The highest BCUT2D eigenvalue weighted by Crippen LogP contribution is 2.33. The summed E-state index contributed by atoms with van der Waals surface area (Å²) in [4.78, 5) is 38.1. The van der Waals surface area contributed by atoms with E-state index in [0.29, 0.717) is 44.0 Å². The lowest BCUT2D eigenvalue weighted by Crippen LogP contribution is -2.40. The Kier molecular flexibility index (Phi) is 5.79. The molecule has 1 aromatic heterocycles. The summed E-state index contributed by atoms with van der Waals surface area (Å²) in [6.45, 7) is 5.60. The van der Waals surface area contributed by atoms with Gasteiger partial charge in [-0.3, -0.25) is 14.5 Å². The molecule has 4 rings (SSSR count). The SMILES string of the molecule is CCC(=O)N1CCC[C@H](c2nc(C)c3c(n2)N(Cc2ccc(F)cc2)C(=O)CC3)C1. The van der Waals surface area contributed by atoms with Crippen molar-refractivity contribution < 1.29 is 14.0 Å². The number of piperidine rings is 1. The Morgan fingerprint density at radius 2 is 1.97 bits per heavy atom. The number of aryl methyl sites for hydroxylation is 1. The lowest BCUT2D eigenvalue weighted by atomic mass is 9.95. The number of aromatic nitrogens is 2. The van der Waals surface area contributed by atoms with Gasteiger partial charge in [-0.2, -0.15) is 0 Å². The van der Waals surface area contributed by atoms with Crippen molar-refractivity contribution in [2.75, 3.05) is 18.0 Å². The minimum atomic E-state index is -0.298. The molecule has 6 nitrogen and oxygen atoms in total. The molecule has 2 amide bonds. The molecule has 158 valence electrons. The smallest absolute Gasteiger partial charge is 0.228 e. The van der Waals surface area contributed by atoms with Gasteiger partial charge in [-0.25, -0.2) is 14.4 Å². The molecule has 30 heavy (non-hydrogen) atoms. The predicted octanol–water partition coefficient (Wildman–Crippen LogP) is 3.52. The van der Waals surface area contributed by atoms with Crippen LogP contribution < -0.4 is 4.90 Å². The molecule has 2 aliphatic heterocycles. The van der Waals surface area contributed by atoms with E-state index in [9.17, 15) is 14.0 Å². The Bertz CT molecular complexity index is 960. The first kappa shape index (κ1) is 20.4. The fraction of sp³-hybridized carbons (Fsp3) is 0.478. The first-order valence-corrected chi connectivity index (χ1v) is 10.7. The standard InChI is InChI=1S/C23H27FN4O2/c1-3-20(29)27-12-4-5-17(14-27)22-25-15(2)19-10-11-21(30)28(23(19)26-22)13-16-6-8-18(24)9-7-16/h6-9,17H,3-5,10-14H2,1-2H3/t17-/m0/s1. The second-order valence-electron chi connectivity index (χ2n) is 8.11. The van der Waals surface area contributed by atoms with Gasteiger partial charge in [0.25, 0.3) is 0 Å². The predicted molar refractivity (Wildman–Crippen MR) is 112 cm³/mol. The number of fused-ring (bicyclic) bond motifs is 1. The molecule has 0 spiro atoms. The summed E-state index contributed by atoms with van der Waals surface area (Å²) in [6, 6.07) is 6.20. The molecule has 2 aliphatic rings. The summed E-state index contributed by atoms with van der Waals surface area (Å²) in [5.74, 6) is 1.32. The van der Waals surface area contributed by atoms with Gasteiger partial charge in [0, 0.05) is 43.1 Å². The van der Waals surface area contributed by atoms with Crippen LogP contribution >= 0.6 is 0 Å². The van der Waals surface area contributed by atoms with Gasteiger partial charge in [0.1, 0.15) is 17.5 Å². The van der Waals surface area contributed by atoms with E-state index in [2.05, 4.69) is 0 Å². The lowest BCUT2D eigenvalue weighted by Gasteiger charge is -2.34. The van der Waals surface area contributed by atoms with Crippen molar-refractivity contribution in [2.45, 2.75) is 58.4 Å². The zero-order valence-corrected chi connectivity index (χ0v) is 17.5. The quantitative estimate of drug-likeness (QED) is 0.774. The van der Waals surface area contributed by atoms with E-state index in [1.807, 2.05) is 18.7 Å². The molecule has 0 radical (unpaired) electrons. The van der Waals surface area contributed by atoms with Crippen molar-refractivity contribution in [3.05, 3.63) is 52.7 Å². The van der Waals surface area contributed by atoms with E-state index >= 15 is 0 Å². The maximum atomic E-state index is 13.3. The Labute approximate surface area is 176 Å². The van der Waals surface area contributed by atoms with E-state index in [4.69, 9.17) is 9.97 Å². The molecular formula is C23H27FN4O2. The molecular weight excluding hydrogens is 383 g/mol. The summed E-state index contributed by atoms with van der Waals surface area (Å²) < 4.78 is 13.3. The molecule has 1 saturated heterocycles. The Morgan fingerprint density at radius 1 is 1.20 bits per heavy atom. The molecule has 0 bridgehead atoms. The average molecular weight is 410 g/mol. The van der Waals surface area contributed by atoms with Crippen molar-refractivity contribution >= 4 is 17.6 Å². The van der Waals surface area contributed by atoms with E-state index in [1.54, 1.807) is 17.0 Å². The minimum absolute atomic E-state index is 0.0160. The summed E-state index contributed by atoms with van der Waals surface area (Å²) in [7, 11) is 0. The van der Waals surface area contributed by atoms with Crippen LogP contribution in [0.25, 0.3) is 0 Å². The Morgan fingerprint density at radius 3 is 2.70 bits per heavy atom. The van der Waals surface area contributed by atoms with Gasteiger partial charge in [-0.05, 0) is 43.9 Å². The third kappa shape index (κ3) is 4.06. The molecule has 1 fully saturated rings. The van der Waals surface area contributed by atoms with Crippen molar-refractivity contribution in [1.82, 2.24) is 14.9 Å².